The third-order valence-corrected chi connectivity index (χ3v) is 3.22. The maximum Gasteiger partial charge on any atom is 0.318 e. The van der Waals surface area contributed by atoms with E-state index in [1.807, 2.05) is 19.1 Å². The van der Waals surface area contributed by atoms with Crippen molar-refractivity contribution >= 4 is 6.03 Å². The molecule has 2 amide bonds. The number of likely N-dealkylation sites (tertiary alicyclic amines) is 1. The summed E-state index contributed by atoms with van der Waals surface area (Å²) in [4.78, 5) is 17.1. The van der Waals surface area contributed by atoms with Crippen LogP contribution >= 0.6 is 0 Å². The fourth-order valence-corrected chi connectivity index (χ4v) is 2.26. The predicted molar refractivity (Wildman–Crippen MR) is 68.4 cm³/mol. The Bertz CT molecular complexity index is 496. The topological polar surface area (TPSA) is 65.5 Å². The molecule has 1 aliphatic heterocycles. The number of carbonyl (C=O) groups is 1. The van der Waals surface area contributed by atoms with Gasteiger partial charge in [0, 0.05) is 12.1 Å². The fraction of sp³-hybridized carbons (Fsp3) is 0.538. The summed E-state index contributed by atoms with van der Waals surface area (Å²) in [5, 5.41) is 11.6. The number of nitrogens with zero attached hydrogens (tertiary/aromatic N) is 2. The molecule has 5 nitrogen and oxygen atoms in total. The molecule has 1 unspecified atom stereocenters. The predicted octanol–water partition coefficient (Wildman–Crippen LogP) is 1.30. The molecular weight excluding hydrogens is 268 g/mol. The Balaban J connectivity index is 1.95. The van der Waals surface area contributed by atoms with Gasteiger partial charge in [-0.25, -0.2) is 13.6 Å². The number of amides is 2. The molecule has 2 rings (SSSR count). The van der Waals surface area contributed by atoms with Gasteiger partial charge in [-0.15, -0.1) is 0 Å². The molecule has 0 saturated carbocycles. The van der Waals surface area contributed by atoms with Gasteiger partial charge in [0.15, 0.2) is 0 Å². The van der Waals surface area contributed by atoms with Gasteiger partial charge in [-0.2, -0.15) is 0 Å². The Morgan fingerprint density at radius 2 is 2.35 bits per heavy atom. The number of carbonyl (C=O) groups excluding carboxylic acids is 1. The lowest BCUT2D eigenvalue weighted by atomic mass is 10.2. The fourth-order valence-electron chi connectivity index (χ4n) is 2.26. The summed E-state index contributed by atoms with van der Waals surface area (Å²) in [6.07, 6.45) is -0.500. The number of aryl methyl sites for hydroxylation is 1. The van der Waals surface area contributed by atoms with Crippen LogP contribution in [0.15, 0.2) is 18.2 Å². The molecule has 2 N–H and O–H groups in total. The molecule has 20 heavy (non-hydrogen) atoms. The number of hydrogen-bond acceptors (Lipinski definition) is 3. The van der Waals surface area contributed by atoms with Gasteiger partial charge in [0.05, 0.1) is 31.4 Å². The van der Waals surface area contributed by atoms with Gasteiger partial charge >= 0.3 is 6.03 Å². The van der Waals surface area contributed by atoms with Crippen molar-refractivity contribution in [2.45, 2.75) is 31.9 Å². The van der Waals surface area contributed by atoms with Crippen molar-refractivity contribution in [3.05, 3.63) is 29.6 Å². The first-order valence-corrected chi connectivity index (χ1v) is 6.37. The molecule has 2 heterocycles. The minimum atomic E-state index is -2.94. The van der Waals surface area contributed by atoms with Crippen molar-refractivity contribution in [2.75, 3.05) is 13.2 Å². The second kappa shape index (κ2) is 5.70. The lowest BCUT2D eigenvalue weighted by molar-refractivity contribution is 0.0141. The van der Waals surface area contributed by atoms with E-state index in [-0.39, 0.29) is 6.54 Å². The van der Waals surface area contributed by atoms with Crippen LogP contribution in [-0.2, 0) is 6.54 Å². The van der Waals surface area contributed by atoms with Crippen LogP contribution in [0, 0.1) is 6.92 Å². The van der Waals surface area contributed by atoms with Gasteiger partial charge in [-0.3, -0.25) is 4.98 Å². The Hall–Kier alpha value is -1.76. The molecule has 1 aliphatic rings. The van der Waals surface area contributed by atoms with E-state index >= 15 is 0 Å². The second-order valence-electron chi connectivity index (χ2n) is 4.95. The largest absolute Gasteiger partial charge is 0.394 e. The number of aromatic nitrogens is 1. The van der Waals surface area contributed by atoms with Crippen LogP contribution in [0.2, 0.25) is 0 Å². The smallest absolute Gasteiger partial charge is 0.318 e. The van der Waals surface area contributed by atoms with Gasteiger partial charge in [0.1, 0.15) is 0 Å². The van der Waals surface area contributed by atoms with Crippen LogP contribution in [0.5, 0.6) is 0 Å². The summed E-state index contributed by atoms with van der Waals surface area (Å²) in [7, 11) is 0. The lowest BCUT2D eigenvalue weighted by Gasteiger charge is -2.22. The molecule has 1 aromatic rings. The first kappa shape index (κ1) is 14.6. The maximum absolute atomic E-state index is 13.3. The molecule has 0 aromatic carbocycles. The highest BCUT2D eigenvalue weighted by atomic mass is 19.3. The van der Waals surface area contributed by atoms with E-state index in [2.05, 4.69) is 10.3 Å². The highest BCUT2D eigenvalue weighted by Gasteiger charge is 2.46. The molecule has 1 fully saturated rings. The minimum absolute atomic E-state index is 0.167. The first-order valence-electron chi connectivity index (χ1n) is 6.37. The maximum atomic E-state index is 13.3. The van der Waals surface area contributed by atoms with Crippen LogP contribution in [0.1, 0.15) is 17.8 Å². The van der Waals surface area contributed by atoms with Gasteiger partial charge in [0.25, 0.3) is 5.92 Å². The van der Waals surface area contributed by atoms with Gasteiger partial charge < -0.3 is 15.3 Å². The molecule has 1 aromatic heterocycles. The molecule has 1 atom stereocenters. The monoisotopic (exact) mass is 285 g/mol. The summed E-state index contributed by atoms with van der Waals surface area (Å²) >= 11 is 0. The van der Waals surface area contributed by atoms with Crippen LogP contribution in [-0.4, -0.2) is 46.1 Å². The van der Waals surface area contributed by atoms with Gasteiger partial charge in [0.2, 0.25) is 0 Å². The zero-order chi connectivity index (χ0) is 14.8. The first-order chi connectivity index (χ1) is 9.41. The quantitative estimate of drug-likeness (QED) is 0.880. The Morgan fingerprint density at radius 1 is 1.60 bits per heavy atom. The number of aliphatic hydroxyl groups is 1. The number of rotatable bonds is 3. The molecule has 0 bridgehead atoms. The van der Waals surface area contributed by atoms with E-state index in [0.717, 1.165) is 10.6 Å². The van der Waals surface area contributed by atoms with Crippen LogP contribution in [0.4, 0.5) is 13.6 Å². The highest BCUT2D eigenvalue weighted by molar-refractivity contribution is 5.75. The van der Waals surface area contributed by atoms with E-state index < -0.39 is 37.6 Å². The van der Waals surface area contributed by atoms with E-state index in [0.29, 0.717) is 5.69 Å². The summed E-state index contributed by atoms with van der Waals surface area (Å²) < 4.78 is 26.5. The zero-order valence-electron chi connectivity index (χ0n) is 11.1. The van der Waals surface area contributed by atoms with Crippen molar-refractivity contribution in [3.8, 4) is 0 Å². The standard InChI is InChI=1S/C13H17F2N3O2/c1-9-3-2-4-10(17-9)6-16-12(20)18-8-13(14,15)5-11(18)7-19/h2-4,11,19H,5-8H2,1H3,(H,16,20). The minimum Gasteiger partial charge on any atom is -0.394 e. The second-order valence-corrected chi connectivity index (χ2v) is 4.95. The van der Waals surface area contributed by atoms with Crippen molar-refractivity contribution in [1.29, 1.82) is 0 Å². The number of hydrogen-bond donors (Lipinski definition) is 2. The Kier molecular flexibility index (Phi) is 4.17. The van der Waals surface area contributed by atoms with Crippen molar-refractivity contribution in [2.24, 2.45) is 0 Å². The Labute approximate surface area is 115 Å². The summed E-state index contributed by atoms with van der Waals surface area (Å²) in [5.41, 5.74) is 1.47. The average Bonchev–Trinajstić information content (AvgIpc) is 2.71. The number of aliphatic hydroxyl groups excluding tert-OH is 1. The Morgan fingerprint density at radius 3 is 3.00 bits per heavy atom. The molecule has 0 spiro atoms. The molecule has 0 radical (unpaired) electrons. The van der Waals surface area contributed by atoms with E-state index in [1.165, 1.54) is 0 Å². The third-order valence-electron chi connectivity index (χ3n) is 3.22. The van der Waals surface area contributed by atoms with Crippen LogP contribution in [0.25, 0.3) is 0 Å². The van der Waals surface area contributed by atoms with E-state index in [4.69, 9.17) is 5.11 Å². The van der Waals surface area contributed by atoms with Crippen LogP contribution < -0.4 is 5.32 Å². The normalized spacial score (nSPS) is 21.0. The summed E-state index contributed by atoms with van der Waals surface area (Å²) in [6, 6.07) is 3.94. The summed E-state index contributed by atoms with van der Waals surface area (Å²) in [5.74, 6) is -2.94. The number of alkyl halides is 2. The number of halogens is 2. The van der Waals surface area contributed by atoms with Gasteiger partial charge in [-0.05, 0) is 19.1 Å². The molecule has 110 valence electrons. The molecule has 0 aliphatic carbocycles. The lowest BCUT2D eigenvalue weighted by Crippen LogP contribution is -2.44. The number of nitrogens with one attached hydrogen (secondary N) is 1. The zero-order valence-corrected chi connectivity index (χ0v) is 11.1. The SMILES string of the molecule is Cc1cccc(CNC(=O)N2CC(F)(F)CC2CO)n1. The van der Waals surface area contributed by atoms with E-state index in [1.54, 1.807) is 6.07 Å². The van der Waals surface area contributed by atoms with Gasteiger partial charge in [-0.1, -0.05) is 6.07 Å². The van der Waals surface area contributed by atoms with E-state index in [9.17, 15) is 13.6 Å². The molecular formula is C13H17F2N3O2. The number of pyridine rings is 1. The van der Waals surface area contributed by atoms with Crippen molar-refractivity contribution in [3.63, 3.8) is 0 Å². The van der Waals surface area contributed by atoms with Crippen molar-refractivity contribution < 1.29 is 18.7 Å². The molecule has 7 heteroatoms. The third kappa shape index (κ3) is 3.41. The highest BCUT2D eigenvalue weighted by Crippen LogP contribution is 2.31. The summed E-state index contributed by atoms with van der Waals surface area (Å²) in [6.45, 7) is 0.867. The van der Waals surface area contributed by atoms with Crippen LogP contribution in [0.3, 0.4) is 0 Å². The number of urea groups is 1. The average molecular weight is 285 g/mol. The van der Waals surface area contributed by atoms with Crippen molar-refractivity contribution in [1.82, 2.24) is 15.2 Å². The molecule has 1 saturated heterocycles.